The molecule has 19 heavy (non-hydrogen) atoms. The zero-order chi connectivity index (χ0) is 14.8. The molecular weight excluding hydrogens is 248 g/mol. The minimum atomic E-state index is -1.03. The summed E-state index contributed by atoms with van der Waals surface area (Å²) in [4.78, 5) is 22.4. The van der Waals surface area contributed by atoms with Gasteiger partial charge in [-0.05, 0) is 18.3 Å². The Kier molecular flexibility index (Phi) is 8.95. The summed E-state index contributed by atoms with van der Waals surface area (Å²) in [5, 5.41) is 13.9. The highest BCUT2D eigenvalue weighted by molar-refractivity contribution is 5.82. The van der Waals surface area contributed by atoms with Crippen molar-refractivity contribution >= 4 is 12.0 Å². The van der Waals surface area contributed by atoms with Crippen LogP contribution in [0.25, 0.3) is 0 Å². The third-order valence-corrected chi connectivity index (χ3v) is 2.59. The van der Waals surface area contributed by atoms with Gasteiger partial charge in [0.15, 0.2) is 0 Å². The van der Waals surface area contributed by atoms with E-state index in [9.17, 15) is 9.59 Å². The Morgan fingerprint density at radius 2 is 1.79 bits per heavy atom. The van der Waals surface area contributed by atoms with E-state index in [1.165, 1.54) is 0 Å². The molecule has 0 aliphatic heterocycles. The number of rotatable bonds is 9. The zero-order valence-electron chi connectivity index (χ0n) is 12.2. The highest BCUT2D eigenvalue weighted by Gasteiger charge is 2.22. The van der Waals surface area contributed by atoms with Gasteiger partial charge < -0.3 is 20.5 Å². The van der Waals surface area contributed by atoms with Gasteiger partial charge in [0.05, 0.1) is 6.61 Å². The molecule has 0 bridgehead atoms. The molecule has 0 aromatic heterocycles. The average Bonchev–Trinajstić information content (AvgIpc) is 2.29. The largest absolute Gasteiger partial charge is 0.480 e. The van der Waals surface area contributed by atoms with Crippen LogP contribution in [0.5, 0.6) is 0 Å². The molecule has 0 saturated carbocycles. The van der Waals surface area contributed by atoms with Crippen LogP contribution in [0.4, 0.5) is 4.79 Å². The van der Waals surface area contributed by atoms with Crippen LogP contribution < -0.4 is 10.6 Å². The number of carbonyl (C=O) groups is 2. The van der Waals surface area contributed by atoms with Crippen molar-refractivity contribution in [2.75, 3.05) is 19.8 Å². The van der Waals surface area contributed by atoms with E-state index in [4.69, 9.17) is 9.84 Å². The standard InChI is InChI=1S/C13H26N2O4/c1-9(2)5-7-19-8-6-14-13(18)15-11(10(3)4)12(16)17/h9-11H,5-8H2,1-4H3,(H,16,17)(H2,14,15,18)/t11-/m0/s1. The molecule has 0 aromatic rings. The molecule has 0 aromatic carbocycles. The first-order chi connectivity index (χ1) is 8.84. The van der Waals surface area contributed by atoms with Gasteiger partial charge in [0.2, 0.25) is 0 Å². The van der Waals surface area contributed by atoms with E-state index in [2.05, 4.69) is 24.5 Å². The number of amides is 2. The first-order valence-electron chi connectivity index (χ1n) is 6.69. The fourth-order valence-electron chi connectivity index (χ4n) is 1.36. The van der Waals surface area contributed by atoms with Gasteiger partial charge in [-0.25, -0.2) is 9.59 Å². The van der Waals surface area contributed by atoms with E-state index < -0.39 is 18.0 Å². The Hall–Kier alpha value is -1.30. The van der Waals surface area contributed by atoms with E-state index in [1.54, 1.807) is 13.8 Å². The maximum atomic E-state index is 11.5. The van der Waals surface area contributed by atoms with Crippen molar-refractivity contribution in [3.05, 3.63) is 0 Å². The molecule has 3 N–H and O–H groups in total. The van der Waals surface area contributed by atoms with Gasteiger partial charge in [-0.2, -0.15) is 0 Å². The molecule has 6 nitrogen and oxygen atoms in total. The lowest BCUT2D eigenvalue weighted by Crippen LogP contribution is -2.49. The number of hydrogen-bond donors (Lipinski definition) is 3. The topological polar surface area (TPSA) is 87.7 Å². The molecule has 2 amide bonds. The second-order valence-electron chi connectivity index (χ2n) is 5.26. The lowest BCUT2D eigenvalue weighted by atomic mass is 10.1. The summed E-state index contributed by atoms with van der Waals surface area (Å²) in [6.07, 6.45) is 0.987. The molecule has 0 rings (SSSR count). The van der Waals surface area contributed by atoms with Gasteiger partial charge in [0, 0.05) is 13.2 Å². The van der Waals surface area contributed by atoms with Crippen molar-refractivity contribution in [3.63, 3.8) is 0 Å². The van der Waals surface area contributed by atoms with Crippen molar-refractivity contribution in [2.45, 2.75) is 40.2 Å². The number of nitrogens with one attached hydrogen (secondary N) is 2. The summed E-state index contributed by atoms with van der Waals surface area (Å²) < 4.78 is 5.34. The van der Waals surface area contributed by atoms with E-state index in [0.717, 1.165) is 6.42 Å². The SMILES string of the molecule is CC(C)CCOCCNC(=O)N[C@H](C(=O)O)C(C)C. The van der Waals surface area contributed by atoms with Crippen LogP contribution in [0.2, 0.25) is 0 Å². The van der Waals surface area contributed by atoms with Crippen molar-refractivity contribution in [2.24, 2.45) is 11.8 Å². The Balaban J connectivity index is 3.72. The molecule has 0 fully saturated rings. The van der Waals surface area contributed by atoms with Gasteiger partial charge in [-0.3, -0.25) is 0 Å². The van der Waals surface area contributed by atoms with Gasteiger partial charge >= 0.3 is 12.0 Å². The van der Waals surface area contributed by atoms with Crippen LogP contribution in [-0.4, -0.2) is 42.9 Å². The fourth-order valence-corrected chi connectivity index (χ4v) is 1.36. The summed E-state index contributed by atoms with van der Waals surface area (Å²) >= 11 is 0. The second kappa shape index (κ2) is 9.61. The van der Waals surface area contributed by atoms with Gasteiger partial charge in [0.1, 0.15) is 6.04 Å². The molecule has 0 radical (unpaired) electrons. The number of aliphatic carboxylic acids is 1. The van der Waals surface area contributed by atoms with Gasteiger partial charge in [-0.1, -0.05) is 27.7 Å². The first kappa shape index (κ1) is 17.7. The molecule has 0 aliphatic rings. The number of ether oxygens (including phenoxy) is 1. The molecule has 0 unspecified atom stereocenters. The zero-order valence-corrected chi connectivity index (χ0v) is 12.2. The summed E-state index contributed by atoms with van der Waals surface area (Å²) in [7, 11) is 0. The van der Waals surface area contributed by atoms with Crippen LogP contribution >= 0.6 is 0 Å². The molecule has 1 atom stereocenters. The number of carboxylic acids is 1. The monoisotopic (exact) mass is 274 g/mol. The normalized spacial score (nSPS) is 12.5. The van der Waals surface area contributed by atoms with Crippen LogP contribution in [0.1, 0.15) is 34.1 Å². The van der Waals surface area contributed by atoms with E-state index in [-0.39, 0.29) is 5.92 Å². The summed E-state index contributed by atoms with van der Waals surface area (Å²) in [6, 6.07) is -1.35. The minimum Gasteiger partial charge on any atom is -0.480 e. The minimum absolute atomic E-state index is 0.162. The third kappa shape index (κ3) is 9.30. The summed E-state index contributed by atoms with van der Waals surface area (Å²) in [5.41, 5.74) is 0. The van der Waals surface area contributed by atoms with Crippen molar-refractivity contribution in [1.82, 2.24) is 10.6 Å². The Morgan fingerprint density at radius 1 is 1.16 bits per heavy atom. The van der Waals surface area contributed by atoms with Crippen LogP contribution in [0.15, 0.2) is 0 Å². The molecule has 0 aliphatic carbocycles. The van der Waals surface area contributed by atoms with Gasteiger partial charge in [0.25, 0.3) is 0 Å². The number of urea groups is 1. The van der Waals surface area contributed by atoms with Crippen LogP contribution in [0.3, 0.4) is 0 Å². The van der Waals surface area contributed by atoms with E-state index in [1.807, 2.05) is 0 Å². The highest BCUT2D eigenvalue weighted by atomic mass is 16.5. The fraction of sp³-hybridized carbons (Fsp3) is 0.846. The lowest BCUT2D eigenvalue weighted by molar-refractivity contribution is -0.140. The molecule has 0 saturated heterocycles. The Morgan fingerprint density at radius 3 is 2.26 bits per heavy atom. The van der Waals surface area contributed by atoms with E-state index in [0.29, 0.717) is 25.7 Å². The Labute approximate surface area is 114 Å². The highest BCUT2D eigenvalue weighted by Crippen LogP contribution is 2.01. The maximum absolute atomic E-state index is 11.5. The Bertz CT molecular complexity index is 280. The molecular formula is C13H26N2O4. The summed E-state index contributed by atoms with van der Waals surface area (Å²) in [6.45, 7) is 9.20. The molecule has 0 spiro atoms. The van der Waals surface area contributed by atoms with Crippen molar-refractivity contribution in [1.29, 1.82) is 0 Å². The number of carboxylic acid groups (broad SMARTS) is 1. The lowest BCUT2D eigenvalue weighted by Gasteiger charge is -2.18. The van der Waals surface area contributed by atoms with E-state index >= 15 is 0 Å². The van der Waals surface area contributed by atoms with Gasteiger partial charge in [-0.15, -0.1) is 0 Å². The summed E-state index contributed by atoms with van der Waals surface area (Å²) in [5.74, 6) is -0.595. The number of hydrogen-bond acceptors (Lipinski definition) is 3. The predicted molar refractivity (Wildman–Crippen MR) is 73.1 cm³/mol. The van der Waals surface area contributed by atoms with Crippen molar-refractivity contribution < 1.29 is 19.4 Å². The predicted octanol–water partition coefficient (Wildman–Crippen LogP) is 1.46. The van der Waals surface area contributed by atoms with Crippen LogP contribution in [-0.2, 0) is 9.53 Å². The average molecular weight is 274 g/mol. The van der Waals surface area contributed by atoms with Crippen LogP contribution in [0, 0.1) is 11.8 Å². The number of carbonyl (C=O) groups excluding carboxylic acids is 1. The third-order valence-electron chi connectivity index (χ3n) is 2.59. The molecule has 6 heteroatoms. The second-order valence-corrected chi connectivity index (χ2v) is 5.26. The first-order valence-corrected chi connectivity index (χ1v) is 6.69. The van der Waals surface area contributed by atoms with Crippen molar-refractivity contribution in [3.8, 4) is 0 Å². The molecule has 0 heterocycles. The smallest absolute Gasteiger partial charge is 0.326 e. The quantitative estimate of drug-likeness (QED) is 0.555. The maximum Gasteiger partial charge on any atom is 0.326 e. The molecule has 112 valence electrons.